The summed E-state index contributed by atoms with van der Waals surface area (Å²) in [7, 11) is 0. The third-order valence-electron chi connectivity index (χ3n) is 3.50. The molecule has 2 nitrogen and oxygen atoms in total. The van der Waals surface area contributed by atoms with Crippen molar-refractivity contribution in [2.75, 3.05) is 5.88 Å². The molecule has 0 radical (unpaired) electrons. The SMILES string of the molecule is CCC(CC)n1ccc(CC(CCl)CC(C)C)n1. The summed E-state index contributed by atoms with van der Waals surface area (Å²) in [5.41, 5.74) is 1.19. The van der Waals surface area contributed by atoms with E-state index >= 15 is 0 Å². The number of halogens is 1. The first-order valence-corrected chi connectivity index (χ1v) is 7.74. The van der Waals surface area contributed by atoms with Crippen molar-refractivity contribution < 1.29 is 0 Å². The van der Waals surface area contributed by atoms with E-state index < -0.39 is 0 Å². The van der Waals surface area contributed by atoms with Gasteiger partial charge in [-0.05, 0) is 43.6 Å². The van der Waals surface area contributed by atoms with Crippen molar-refractivity contribution >= 4 is 11.6 Å². The largest absolute Gasteiger partial charge is 0.269 e. The molecule has 0 fully saturated rings. The Morgan fingerprint density at radius 1 is 1.28 bits per heavy atom. The molecule has 1 rings (SSSR count). The first-order valence-electron chi connectivity index (χ1n) is 7.20. The highest BCUT2D eigenvalue weighted by atomic mass is 35.5. The Morgan fingerprint density at radius 2 is 1.94 bits per heavy atom. The highest BCUT2D eigenvalue weighted by Crippen LogP contribution is 2.20. The van der Waals surface area contributed by atoms with Crippen LogP contribution in [-0.4, -0.2) is 15.7 Å². The summed E-state index contributed by atoms with van der Waals surface area (Å²) >= 11 is 6.05. The van der Waals surface area contributed by atoms with Crippen LogP contribution in [0.25, 0.3) is 0 Å². The second-order valence-corrected chi connectivity index (χ2v) is 5.92. The average molecular weight is 271 g/mol. The molecule has 0 saturated carbocycles. The molecule has 0 saturated heterocycles. The molecule has 0 aliphatic heterocycles. The molecule has 0 spiro atoms. The van der Waals surface area contributed by atoms with Crippen molar-refractivity contribution in [3.8, 4) is 0 Å². The zero-order valence-corrected chi connectivity index (χ0v) is 13.0. The normalized spacial score (nSPS) is 13.5. The predicted octanol–water partition coefficient (Wildman–Crippen LogP) is 4.69. The molecular formula is C15H27ClN2. The highest BCUT2D eigenvalue weighted by Gasteiger charge is 2.14. The lowest BCUT2D eigenvalue weighted by Gasteiger charge is -2.15. The number of alkyl halides is 1. The number of nitrogens with zero attached hydrogens (tertiary/aromatic N) is 2. The van der Waals surface area contributed by atoms with E-state index in [9.17, 15) is 0 Å². The fourth-order valence-electron chi connectivity index (χ4n) is 2.52. The van der Waals surface area contributed by atoms with Gasteiger partial charge in [0, 0.05) is 12.1 Å². The Hall–Kier alpha value is -0.500. The first kappa shape index (κ1) is 15.6. The Morgan fingerprint density at radius 3 is 2.44 bits per heavy atom. The highest BCUT2D eigenvalue weighted by molar-refractivity contribution is 6.18. The van der Waals surface area contributed by atoms with Crippen LogP contribution in [0.15, 0.2) is 12.3 Å². The molecule has 0 N–H and O–H groups in total. The molecule has 0 bridgehead atoms. The molecule has 18 heavy (non-hydrogen) atoms. The molecule has 104 valence electrons. The molecule has 1 atom stereocenters. The lowest BCUT2D eigenvalue weighted by Crippen LogP contribution is -2.12. The van der Waals surface area contributed by atoms with E-state index in [4.69, 9.17) is 16.7 Å². The van der Waals surface area contributed by atoms with Crippen molar-refractivity contribution in [1.82, 2.24) is 9.78 Å². The van der Waals surface area contributed by atoms with Gasteiger partial charge in [-0.25, -0.2) is 0 Å². The molecular weight excluding hydrogens is 244 g/mol. The average Bonchev–Trinajstić information content (AvgIpc) is 2.78. The summed E-state index contributed by atoms with van der Waals surface area (Å²) < 4.78 is 2.12. The quantitative estimate of drug-likeness (QED) is 0.627. The number of hydrogen-bond acceptors (Lipinski definition) is 1. The zero-order chi connectivity index (χ0) is 13.5. The Bertz CT molecular complexity index is 329. The van der Waals surface area contributed by atoms with Crippen molar-refractivity contribution in [2.45, 2.75) is 59.4 Å². The monoisotopic (exact) mass is 270 g/mol. The summed E-state index contributed by atoms with van der Waals surface area (Å²) in [4.78, 5) is 0. The van der Waals surface area contributed by atoms with E-state index in [0.717, 1.165) is 25.1 Å². The third-order valence-corrected chi connectivity index (χ3v) is 3.94. The van der Waals surface area contributed by atoms with Gasteiger partial charge in [0.1, 0.15) is 0 Å². The van der Waals surface area contributed by atoms with E-state index in [1.54, 1.807) is 0 Å². The van der Waals surface area contributed by atoms with Crippen LogP contribution in [0.5, 0.6) is 0 Å². The van der Waals surface area contributed by atoms with Gasteiger partial charge in [-0.15, -0.1) is 11.6 Å². The van der Waals surface area contributed by atoms with Gasteiger partial charge in [0.2, 0.25) is 0 Å². The molecule has 1 aromatic heterocycles. The summed E-state index contributed by atoms with van der Waals surface area (Å²) in [6.45, 7) is 8.94. The summed E-state index contributed by atoms with van der Waals surface area (Å²) in [6.07, 6.45) is 6.59. The van der Waals surface area contributed by atoms with E-state index in [2.05, 4.69) is 44.6 Å². The van der Waals surface area contributed by atoms with Crippen LogP contribution in [0.4, 0.5) is 0 Å². The number of hydrogen-bond donors (Lipinski definition) is 0. The summed E-state index contributed by atoms with van der Waals surface area (Å²) in [6, 6.07) is 2.69. The maximum absolute atomic E-state index is 6.05. The van der Waals surface area contributed by atoms with Gasteiger partial charge in [0.25, 0.3) is 0 Å². The fraction of sp³-hybridized carbons (Fsp3) is 0.800. The third kappa shape index (κ3) is 4.64. The molecule has 1 unspecified atom stereocenters. The molecule has 0 aromatic carbocycles. The molecule has 0 amide bonds. The lowest BCUT2D eigenvalue weighted by molar-refractivity contribution is 0.412. The molecule has 3 heteroatoms. The van der Waals surface area contributed by atoms with Crippen LogP contribution >= 0.6 is 11.6 Å². The number of aromatic nitrogens is 2. The van der Waals surface area contributed by atoms with Crippen molar-refractivity contribution in [3.05, 3.63) is 18.0 Å². The molecule has 1 heterocycles. The van der Waals surface area contributed by atoms with E-state index in [0.29, 0.717) is 17.9 Å². The van der Waals surface area contributed by atoms with Crippen molar-refractivity contribution in [2.24, 2.45) is 11.8 Å². The second kappa shape index (κ2) is 7.83. The van der Waals surface area contributed by atoms with E-state index in [1.807, 2.05) is 0 Å². The van der Waals surface area contributed by atoms with Crippen LogP contribution < -0.4 is 0 Å². The smallest absolute Gasteiger partial charge is 0.0627 e. The summed E-state index contributed by atoms with van der Waals surface area (Å²) in [5, 5.41) is 4.71. The van der Waals surface area contributed by atoms with Crippen LogP contribution in [0.2, 0.25) is 0 Å². The Labute approximate surface area is 117 Å². The van der Waals surface area contributed by atoms with Gasteiger partial charge >= 0.3 is 0 Å². The minimum Gasteiger partial charge on any atom is -0.269 e. The molecule has 0 aliphatic rings. The molecule has 1 aromatic rings. The van der Waals surface area contributed by atoms with Gasteiger partial charge in [-0.1, -0.05) is 27.7 Å². The van der Waals surface area contributed by atoms with Gasteiger partial charge in [-0.2, -0.15) is 5.10 Å². The van der Waals surface area contributed by atoms with Crippen LogP contribution in [-0.2, 0) is 6.42 Å². The predicted molar refractivity (Wildman–Crippen MR) is 79.2 cm³/mol. The van der Waals surface area contributed by atoms with Gasteiger partial charge in [0.05, 0.1) is 11.7 Å². The maximum Gasteiger partial charge on any atom is 0.0627 e. The van der Waals surface area contributed by atoms with Crippen molar-refractivity contribution in [1.29, 1.82) is 0 Å². The number of rotatable bonds is 8. The zero-order valence-electron chi connectivity index (χ0n) is 12.2. The van der Waals surface area contributed by atoms with Gasteiger partial charge in [0.15, 0.2) is 0 Å². The Kier molecular flexibility index (Phi) is 6.77. The van der Waals surface area contributed by atoms with Crippen LogP contribution in [0.3, 0.4) is 0 Å². The van der Waals surface area contributed by atoms with Crippen molar-refractivity contribution in [3.63, 3.8) is 0 Å². The lowest BCUT2D eigenvalue weighted by atomic mass is 9.95. The standard InChI is InChI=1S/C15H27ClN2/c1-5-15(6-2)18-8-7-14(17-18)10-13(11-16)9-12(3)4/h7-8,12-13,15H,5-6,9-11H2,1-4H3. The topological polar surface area (TPSA) is 17.8 Å². The maximum atomic E-state index is 6.05. The van der Waals surface area contributed by atoms with E-state index in [-0.39, 0.29) is 0 Å². The Balaban J connectivity index is 2.62. The van der Waals surface area contributed by atoms with E-state index in [1.165, 1.54) is 12.1 Å². The van der Waals surface area contributed by atoms with Crippen LogP contribution in [0.1, 0.15) is 58.7 Å². The minimum absolute atomic E-state index is 0.540. The van der Waals surface area contributed by atoms with Gasteiger partial charge < -0.3 is 0 Å². The fourth-order valence-corrected chi connectivity index (χ4v) is 2.75. The second-order valence-electron chi connectivity index (χ2n) is 5.61. The van der Waals surface area contributed by atoms with Gasteiger partial charge in [-0.3, -0.25) is 4.68 Å². The van der Waals surface area contributed by atoms with Crippen LogP contribution in [0, 0.1) is 11.8 Å². The summed E-state index contributed by atoms with van der Waals surface area (Å²) in [5.74, 6) is 1.99. The minimum atomic E-state index is 0.540. The molecule has 0 aliphatic carbocycles. The first-order chi connectivity index (χ1) is 8.60.